The number of tetrazole rings is 1. The Bertz CT molecular complexity index is 1010. The molecular weight excluding hydrogens is 423 g/mol. The summed E-state index contributed by atoms with van der Waals surface area (Å²) in [6.07, 6.45) is -2.55. The second kappa shape index (κ2) is 8.70. The van der Waals surface area contributed by atoms with Crippen molar-refractivity contribution in [1.29, 1.82) is 0 Å². The fraction of sp³-hybridized carbons (Fsp3) is 0.556. The highest BCUT2D eigenvalue weighted by Gasteiger charge is 2.34. The zero-order valence-electron chi connectivity index (χ0n) is 16.3. The molecule has 1 fully saturated rings. The zero-order chi connectivity index (χ0) is 21.9. The van der Waals surface area contributed by atoms with Crippen LogP contribution in [0.15, 0.2) is 24.3 Å². The minimum atomic E-state index is -4.50. The third-order valence-corrected chi connectivity index (χ3v) is 6.65. The van der Waals surface area contributed by atoms with E-state index in [1.807, 2.05) is 6.92 Å². The average molecular weight is 445 g/mol. The molecule has 3 rings (SSSR count). The molecule has 164 valence electrons. The molecule has 0 spiro atoms. The number of hydrogen-bond acceptors (Lipinski definition) is 6. The van der Waals surface area contributed by atoms with Gasteiger partial charge in [-0.3, -0.25) is 4.79 Å². The SMILES string of the molecule is CCCCN(C(=O)Cn1nnc(-c2cccc(C(F)(F)F)c2)n1)C1CCS(=O)(=O)C1. The van der Waals surface area contributed by atoms with Crippen LogP contribution in [0.3, 0.4) is 0 Å². The molecule has 1 aliphatic heterocycles. The lowest BCUT2D eigenvalue weighted by Crippen LogP contribution is -2.43. The van der Waals surface area contributed by atoms with Gasteiger partial charge in [-0.2, -0.15) is 18.0 Å². The summed E-state index contributed by atoms with van der Waals surface area (Å²) in [5.41, 5.74) is -0.700. The quantitative estimate of drug-likeness (QED) is 0.648. The Labute approximate surface area is 172 Å². The third-order valence-electron chi connectivity index (χ3n) is 4.90. The summed E-state index contributed by atoms with van der Waals surface area (Å²) in [6.45, 7) is 2.12. The molecule has 2 aromatic rings. The van der Waals surface area contributed by atoms with Crippen molar-refractivity contribution in [2.24, 2.45) is 0 Å². The Hall–Kier alpha value is -2.50. The van der Waals surface area contributed by atoms with Gasteiger partial charge in [-0.1, -0.05) is 25.5 Å². The van der Waals surface area contributed by atoms with Crippen LogP contribution < -0.4 is 0 Å². The first kappa shape index (κ1) is 22.2. The lowest BCUT2D eigenvalue weighted by atomic mass is 10.1. The maximum absolute atomic E-state index is 12.9. The molecule has 0 aliphatic carbocycles. The molecule has 30 heavy (non-hydrogen) atoms. The predicted octanol–water partition coefficient (Wildman–Crippen LogP) is 2.17. The van der Waals surface area contributed by atoms with Crippen LogP contribution in [0.1, 0.15) is 31.7 Å². The summed E-state index contributed by atoms with van der Waals surface area (Å²) in [7, 11) is -3.16. The van der Waals surface area contributed by atoms with Gasteiger partial charge in [0.25, 0.3) is 0 Å². The van der Waals surface area contributed by atoms with Crippen LogP contribution in [0, 0.1) is 0 Å². The largest absolute Gasteiger partial charge is 0.416 e. The van der Waals surface area contributed by atoms with Crippen LogP contribution in [-0.4, -0.2) is 63.5 Å². The fourth-order valence-electron chi connectivity index (χ4n) is 3.33. The van der Waals surface area contributed by atoms with E-state index < -0.39 is 21.6 Å². The van der Waals surface area contributed by atoms with E-state index in [9.17, 15) is 26.4 Å². The fourth-order valence-corrected chi connectivity index (χ4v) is 5.06. The van der Waals surface area contributed by atoms with Crippen molar-refractivity contribution in [2.75, 3.05) is 18.1 Å². The predicted molar refractivity (Wildman–Crippen MR) is 102 cm³/mol. The molecule has 1 atom stereocenters. The summed E-state index contributed by atoms with van der Waals surface area (Å²) in [5, 5.41) is 11.5. The average Bonchev–Trinajstić information content (AvgIpc) is 3.28. The standard InChI is InChI=1S/C18H22F3N5O3S/c1-2-3-8-25(15-7-9-30(28,29)12-15)16(27)11-26-23-17(22-24-26)13-5-4-6-14(10-13)18(19,20)21/h4-6,10,15H,2-3,7-9,11-12H2,1H3. The Kier molecular flexibility index (Phi) is 6.44. The number of benzene rings is 1. The van der Waals surface area contributed by atoms with E-state index in [0.29, 0.717) is 13.0 Å². The smallest absolute Gasteiger partial charge is 0.337 e. The van der Waals surface area contributed by atoms with Crippen LogP contribution in [0.5, 0.6) is 0 Å². The molecule has 0 N–H and O–H groups in total. The van der Waals surface area contributed by atoms with Gasteiger partial charge < -0.3 is 4.90 Å². The van der Waals surface area contributed by atoms with Gasteiger partial charge in [-0.05, 0) is 30.2 Å². The number of carbonyl (C=O) groups excluding carboxylic acids is 1. The third kappa shape index (κ3) is 5.35. The molecule has 1 aromatic carbocycles. The number of alkyl halides is 3. The summed E-state index contributed by atoms with van der Waals surface area (Å²) in [5.74, 6) is -0.395. The number of aromatic nitrogens is 4. The van der Waals surface area contributed by atoms with Gasteiger partial charge in [0.15, 0.2) is 9.84 Å². The molecule has 1 aromatic heterocycles. The first-order valence-electron chi connectivity index (χ1n) is 9.54. The van der Waals surface area contributed by atoms with E-state index in [4.69, 9.17) is 0 Å². The monoisotopic (exact) mass is 445 g/mol. The Morgan fingerprint density at radius 1 is 1.33 bits per heavy atom. The number of hydrogen-bond donors (Lipinski definition) is 0. The van der Waals surface area contributed by atoms with Crippen molar-refractivity contribution < 1.29 is 26.4 Å². The van der Waals surface area contributed by atoms with Crippen molar-refractivity contribution in [1.82, 2.24) is 25.1 Å². The Morgan fingerprint density at radius 3 is 2.73 bits per heavy atom. The minimum Gasteiger partial charge on any atom is -0.337 e. The van der Waals surface area contributed by atoms with E-state index in [1.54, 1.807) is 4.90 Å². The molecule has 12 heteroatoms. The van der Waals surface area contributed by atoms with Gasteiger partial charge >= 0.3 is 6.18 Å². The number of halogens is 3. The highest BCUT2D eigenvalue weighted by atomic mass is 32.2. The maximum atomic E-state index is 12.9. The first-order valence-corrected chi connectivity index (χ1v) is 11.4. The van der Waals surface area contributed by atoms with Crippen molar-refractivity contribution in [3.8, 4) is 11.4 Å². The van der Waals surface area contributed by atoms with Crippen LogP contribution >= 0.6 is 0 Å². The van der Waals surface area contributed by atoms with Gasteiger partial charge in [0.1, 0.15) is 6.54 Å². The normalized spacial score (nSPS) is 18.5. The van der Waals surface area contributed by atoms with E-state index in [0.717, 1.165) is 29.8 Å². The topological polar surface area (TPSA) is 98.1 Å². The Morgan fingerprint density at radius 2 is 2.10 bits per heavy atom. The summed E-state index contributed by atoms with van der Waals surface area (Å²) in [6, 6.07) is 4.14. The number of carbonyl (C=O) groups is 1. The van der Waals surface area contributed by atoms with Gasteiger partial charge in [-0.25, -0.2) is 8.42 Å². The molecule has 2 heterocycles. The van der Waals surface area contributed by atoms with E-state index in [1.165, 1.54) is 12.1 Å². The highest BCUT2D eigenvalue weighted by Crippen LogP contribution is 2.31. The Balaban J connectivity index is 1.74. The van der Waals surface area contributed by atoms with E-state index >= 15 is 0 Å². The number of sulfone groups is 1. The van der Waals surface area contributed by atoms with Crippen molar-refractivity contribution in [3.05, 3.63) is 29.8 Å². The molecule has 1 aliphatic rings. The second-order valence-corrected chi connectivity index (χ2v) is 9.45. The van der Waals surface area contributed by atoms with E-state index in [-0.39, 0.29) is 41.4 Å². The van der Waals surface area contributed by atoms with Gasteiger partial charge in [0.05, 0.1) is 17.1 Å². The molecule has 0 radical (unpaired) electrons. The molecule has 1 amide bonds. The van der Waals surface area contributed by atoms with Gasteiger partial charge in [-0.15, -0.1) is 10.2 Å². The first-order chi connectivity index (χ1) is 14.1. The molecule has 0 saturated carbocycles. The molecule has 8 nitrogen and oxygen atoms in total. The maximum Gasteiger partial charge on any atom is 0.416 e. The molecule has 1 unspecified atom stereocenters. The van der Waals surface area contributed by atoms with Crippen molar-refractivity contribution in [3.63, 3.8) is 0 Å². The molecule has 0 bridgehead atoms. The lowest BCUT2D eigenvalue weighted by molar-refractivity contribution is -0.137. The summed E-state index contributed by atoms with van der Waals surface area (Å²) >= 11 is 0. The van der Waals surface area contributed by atoms with Crippen LogP contribution in [0.4, 0.5) is 13.2 Å². The molecular formula is C18H22F3N5O3S. The van der Waals surface area contributed by atoms with Crippen LogP contribution in [-0.2, 0) is 27.4 Å². The van der Waals surface area contributed by atoms with Gasteiger partial charge in [0.2, 0.25) is 11.7 Å². The minimum absolute atomic E-state index is 0.0301. The van der Waals surface area contributed by atoms with Crippen molar-refractivity contribution in [2.45, 2.75) is 44.9 Å². The van der Waals surface area contributed by atoms with Gasteiger partial charge in [0, 0.05) is 18.2 Å². The zero-order valence-corrected chi connectivity index (χ0v) is 17.2. The molecule has 1 saturated heterocycles. The van der Waals surface area contributed by atoms with E-state index in [2.05, 4.69) is 15.4 Å². The number of amides is 1. The number of unbranched alkanes of at least 4 members (excludes halogenated alkanes) is 1. The number of rotatable bonds is 7. The van der Waals surface area contributed by atoms with Crippen LogP contribution in [0.25, 0.3) is 11.4 Å². The second-order valence-electron chi connectivity index (χ2n) is 7.22. The van der Waals surface area contributed by atoms with Crippen molar-refractivity contribution >= 4 is 15.7 Å². The summed E-state index contributed by atoms with van der Waals surface area (Å²) < 4.78 is 62.3. The number of nitrogens with zero attached hydrogens (tertiary/aromatic N) is 5. The lowest BCUT2D eigenvalue weighted by Gasteiger charge is -2.28. The highest BCUT2D eigenvalue weighted by molar-refractivity contribution is 7.91. The van der Waals surface area contributed by atoms with Crippen LogP contribution in [0.2, 0.25) is 0 Å². The summed E-state index contributed by atoms with van der Waals surface area (Å²) in [4.78, 5) is 15.4.